The highest BCUT2D eigenvalue weighted by Gasteiger charge is 2.29. The van der Waals surface area contributed by atoms with Crippen molar-refractivity contribution in [3.05, 3.63) is 30.5 Å². The summed E-state index contributed by atoms with van der Waals surface area (Å²) >= 11 is 0. The fourth-order valence-electron chi connectivity index (χ4n) is 1.87. The summed E-state index contributed by atoms with van der Waals surface area (Å²) in [6.07, 6.45) is 1.93. The van der Waals surface area contributed by atoms with Crippen LogP contribution in [0.4, 0.5) is 5.82 Å². The van der Waals surface area contributed by atoms with Gasteiger partial charge in [-0.25, -0.2) is 14.3 Å². The van der Waals surface area contributed by atoms with E-state index in [-0.39, 0.29) is 12.4 Å². The normalized spacial score (nSPS) is 12.1. The monoisotopic (exact) mass is 260 g/mol. The van der Waals surface area contributed by atoms with Gasteiger partial charge in [0.25, 0.3) is 11.9 Å². The third-order valence-corrected chi connectivity index (χ3v) is 2.69. The summed E-state index contributed by atoms with van der Waals surface area (Å²) in [7, 11) is 0. The Morgan fingerprint density at radius 3 is 2.95 bits per heavy atom. The molecule has 2 N–H and O–H groups in total. The topological polar surface area (TPSA) is 86.2 Å². The molecule has 0 aliphatic carbocycles. The van der Waals surface area contributed by atoms with Crippen molar-refractivity contribution in [1.29, 1.82) is 0 Å². The predicted octanol–water partition coefficient (Wildman–Crippen LogP) is 0.408. The van der Waals surface area contributed by atoms with E-state index in [0.29, 0.717) is 17.3 Å². The molecule has 1 unspecified atom stereocenters. The molecule has 0 saturated heterocycles. The number of aldehydes is 1. The molecule has 0 aliphatic heterocycles. The number of hydrogen-bond acceptors (Lipinski definition) is 5. The molecule has 6 heteroatoms. The second-order valence-electron chi connectivity index (χ2n) is 3.87. The first kappa shape index (κ1) is 12.9. The molecule has 0 radical (unpaired) electrons. The molecule has 1 aromatic heterocycles. The first-order chi connectivity index (χ1) is 9.19. The highest BCUT2D eigenvalue weighted by atomic mass is 16.5. The van der Waals surface area contributed by atoms with Gasteiger partial charge >= 0.3 is 5.97 Å². The van der Waals surface area contributed by atoms with Crippen molar-refractivity contribution < 1.29 is 18.9 Å². The van der Waals surface area contributed by atoms with E-state index in [1.54, 1.807) is 25.1 Å². The predicted molar refractivity (Wildman–Crippen MR) is 68.1 cm³/mol. The Hall–Kier alpha value is -2.50. The minimum absolute atomic E-state index is 0.201. The van der Waals surface area contributed by atoms with Gasteiger partial charge < -0.3 is 4.74 Å². The fourth-order valence-corrected chi connectivity index (χ4v) is 1.87. The van der Waals surface area contributed by atoms with Crippen molar-refractivity contribution in [2.24, 2.45) is 0 Å². The Labute approximate surface area is 109 Å². The summed E-state index contributed by atoms with van der Waals surface area (Å²) in [5.41, 5.74) is 7.08. The number of esters is 1. The molecule has 0 fully saturated rings. The van der Waals surface area contributed by atoms with Gasteiger partial charge in [-0.05, 0) is 19.1 Å². The quantitative estimate of drug-likeness (QED) is 0.372. The van der Waals surface area contributed by atoms with Gasteiger partial charge in [0.05, 0.1) is 6.61 Å². The molecule has 0 bridgehead atoms. The summed E-state index contributed by atoms with van der Waals surface area (Å²) in [6.45, 7) is 1.88. The Kier molecular flexibility index (Phi) is 3.70. The summed E-state index contributed by atoms with van der Waals surface area (Å²) in [6, 6.07) is 6.02. The van der Waals surface area contributed by atoms with E-state index in [0.717, 1.165) is 0 Å². The van der Waals surface area contributed by atoms with Gasteiger partial charge in [0, 0.05) is 0 Å². The van der Waals surface area contributed by atoms with Crippen LogP contribution in [-0.4, -0.2) is 23.8 Å². The maximum atomic E-state index is 11.8. The van der Waals surface area contributed by atoms with Crippen LogP contribution in [-0.2, 0) is 14.3 Å². The number of aromatic nitrogens is 2. The second-order valence-corrected chi connectivity index (χ2v) is 3.87. The molecule has 0 saturated carbocycles. The van der Waals surface area contributed by atoms with Gasteiger partial charge in [-0.3, -0.25) is 10.5 Å². The van der Waals surface area contributed by atoms with Gasteiger partial charge in [0.15, 0.2) is 11.8 Å². The number of rotatable bonds is 4. The van der Waals surface area contributed by atoms with Crippen molar-refractivity contribution in [2.45, 2.75) is 13.0 Å². The molecule has 19 heavy (non-hydrogen) atoms. The minimum Gasteiger partial charge on any atom is -0.463 e. The Bertz CT molecular complexity index is 628. The van der Waals surface area contributed by atoms with Crippen LogP contribution in [0.2, 0.25) is 0 Å². The molecule has 2 aromatic rings. The number of fused-ring (bicyclic) bond motifs is 1. The number of carbonyl (C=O) groups is 2. The third-order valence-electron chi connectivity index (χ3n) is 2.69. The average Bonchev–Trinajstić information content (AvgIpc) is 2.42. The lowest BCUT2D eigenvalue weighted by Crippen LogP contribution is -2.48. The summed E-state index contributed by atoms with van der Waals surface area (Å²) in [5.74, 6) is -0.408. The van der Waals surface area contributed by atoms with Gasteiger partial charge in [-0.2, -0.15) is 0 Å². The van der Waals surface area contributed by atoms with Crippen molar-refractivity contribution in [2.75, 3.05) is 12.3 Å². The third kappa shape index (κ3) is 2.37. The van der Waals surface area contributed by atoms with E-state index >= 15 is 0 Å². The number of benzene rings is 1. The van der Waals surface area contributed by atoms with Crippen molar-refractivity contribution >= 4 is 29.1 Å². The lowest BCUT2D eigenvalue weighted by molar-refractivity contribution is -0.657. The molecule has 0 aliphatic rings. The van der Waals surface area contributed by atoms with E-state index in [2.05, 4.69) is 4.98 Å². The van der Waals surface area contributed by atoms with E-state index in [1.165, 1.54) is 10.8 Å². The molecule has 0 amide bonds. The van der Waals surface area contributed by atoms with Crippen LogP contribution < -0.4 is 10.3 Å². The van der Waals surface area contributed by atoms with Gasteiger partial charge in [-0.15, -0.1) is 0 Å². The average molecular weight is 260 g/mol. The van der Waals surface area contributed by atoms with Crippen molar-refractivity contribution in [3.8, 4) is 0 Å². The van der Waals surface area contributed by atoms with E-state index in [9.17, 15) is 9.59 Å². The van der Waals surface area contributed by atoms with E-state index in [1.807, 2.05) is 6.07 Å². The number of carbonyl (C=O) groups excluding carboxylic acids is 2. The van der Waals surface area contributed by atoms with Crippen LogP contribution in [0, 0.1) is 0 Å². The Balaban J connectivity index is 2.62. The summed E-state index contributed by atoms with van der Waals surface area (Å²) in [4.78, 5) is 27.2. The van der Waals surface area contributed by atoms with Crippen LogP contribution in [0.15, 0.2) is 30.5 Å². The number of nitrogens with two attached hydrogens (primary N) is 1. The van der Waals surface area contributed by atoms with Crippen LogP contribution in [0.5, 0.6) is 0 Å². The number of nitrogens with zero attached hydrogens (tertiary/aromatic N) is 2. The van der Waals surface area contributed by atoms with E-state index in [4.69, 9.17) is 10.5 Å². The molecule has 1 atom stereocenters. The number of para-hydroxylation sites is 2. The molecule has 0 spiro atoms. The van der Waals surface area contributed by atoms with Crippen LogP contribution >= 0.6 is 0 Å². The van der Waals surface area contributed by atoms with Gasteiger partial charge in [-0.1, -0.05) is 12.1 Å². The van der Waals surface area contributed by atoms with Gasteiger partial charge in [0.1, 0.15) is 11.7 Å². The molecular formula is C13H14N3O3+. The van der Waals surface area contributed by atoms with Crippen LogP contribution in [0.25, 0.3) is 11.0 Å². The molecule has 1 heterocycles. The summed E-state index contributed by atoms with van der Waals surface area (Å²) < 4.78 is 6.31. The first-order valence-corrected chi connectivity index (χ1v) is 5.85. The highest BCUT2D eigenvalue weighted by molar-refractivity contribution is 5.88. The van der Waals surface area contributed by atoms with Crippen molar-refractivity contribution in [1.82, 2.24) is 4.98 Å². The van der Waals surface area contributed by atoms with Gasteiger partial charge in [0.2, 0.25) is 0 Å². The lowest BCUT2D eigenvalue weighted by atomic mass is 10.2. The number of anilines is 1. The minimum atomic E-state index is -1.10. The zero-order valence-corrected chi connectivity index (χ0v) is 10.4. The zero-order chi connectivity index (χ0) is 13.8. The van der Waals surface area contributed by atoms with Crippen LogP contribution in [0.1, 0.15) is 13.0 Å². The smallest absolute Gasteiger partial charge is 0.359 e. The summed E-state index contributed by atoms with van der Waals surface area (Å²) in [5, 5.41) is 0. The first-order valence-electron chi connectivity index (χ1n) is 5.85. The number of ether oxygens (including phenoxy) is 1. The lowest BCUT2D eigenvalue weighted by Gasteiger charge is -2.12. The number of hydrogen-bond donors (Lipinski definition) is 1. The maximum Gasteiger partial charge on any atom is 0.359 e. The molecule has 2 rings (SSSR count). The molecular weight excluding hydrogens is 246 g/mol. The molecule has 6 nitrogen and oxygen atoms in total. The second kappa shape index (κ2) is 5.43. The Morgan fingerprint density at radius 1 is 1.53 bits per heavy atom. The maximum absolute atomic E-state index is 11.8. The molecule has 98 valence electrons. The van der Waals surface area contributed by atoms with Crippen LogP contribution in [0.3, 0.4) is 0 Å². The SMILES string of the molecule is CCOC(=O)C(C=O)[n+]1c(N)cnc2ccccc21. The standard InChI is InChI=1S/C13H13N3O3/c1-2-19-13(18)11(8-17)16-10-6-4-3-5-9(10)15-7-12(16)14/h3-8,11,14H,2H2,1H3/p+1. The highest BCUT2D eigenvalue weighted by Crippen LogP contribution is 2.11. The number of nitrogen functional groups attached to an aromatic ring is 1. The fraction of sp³-hybridized carbons (Fsp3) is 0.231. The van der Waals surface area contributed by atoms with Crippen molar-refractivity contribution in [3.63, 3.8) is 0 Å². The zero-order valence-electron chi connectivity index (χ0n) is 10.4. The Morgan fingerprint density at radius 2 is 2.26 bits per heavy atom. The molecule has 1 aromatic carbocycles. The largest absolute Gasteiger partial charge is 0.463 e. The van der Waals surface area contributed by atoms with E-state index < -0.39 is 12.0 Å².